The number of nitrogens with one attached hydrogen (secondary N) is 1. The molecule has 3 aromatic rings. The van der Waals surface area contributed by atoms with Gasteiger partial charge in [-0.05, 0) is 54.1 Å². The van der Waals surface area contributed by atoms with Crippen molar-refractivity contribution in [1.82, 2.24) is 0 Å². The van der Waals surface area contributed by atoms with Crippen LogP contribution in [0.3, 0.4) is 0 Å². The van der Waals surface area contributed by atoms with Crippen molar-refractivity contribution in [2.24, 2.45) is 0 Å². The average molecular weight is 399 g/mol. The molecule has 1 atom stereocenters. The summed E-state index contributed by atoms with van der Waals surface area (Å²) in [6.07, 6.45) is 0.0894. The molecule has 0 aliphatic heterocycles. The second-order valence-corrected chi connectivity index (χ2v) is 6.62. The fourth-order valence-electron chi connectivity index (χ4n) is 2.77. The molecular weight excluding hydrogens is 383 g/mol. The molecule has 0 saturated carbocycles. The third-order valence-corrected chi connectivity index (χ3v) is 4.50. The van der Waals surface area contributed by atoms with Crippen LogP contribution in [0.25, 0.3) is 0 Å². The lowest BCUT2D eigenvalue weighted by Gasteiger charge is -2.20. The van der Waals surface area contributed by atoms with Gasteiger partial charge >= 0.3 is 0 Å². The van der Waals surface area contributed by atoms with Gasteiger partial charge in [0.15, 0.2) is 5.78 Å². The predicted octanol–water partition coefficient (Wildman–Crippen LogP) is 5.81. The summed E-state index contributed by atoms with van der Waals surface area (Å²) in [6, 6.07) is 17.9. The normalized spacial score (nSPS) is 11.6. The Hall–Kier alpha value is -3.25. The molecule has 1 unspecified atom stereocenters. The maximum atomic E-state index is 13.1. The van der Waals surface area contributed by atoms with Crippen molar-refractivity contribution in [2.45, 2.75) is 12.5 Å². The van der Waals surface area contributed by atoms with E-state index in [1.54, 1.807) is 36.4 Å². The van der Waals surface area contributed by atoms with E-state index < -0.39 is 16.8 Å². The Morgan fingerprint density at radius 2 is 1.61 bits per heavy atom. The first-order valence-electron chi connectivity index (χ1n) is 8.47. The molecule has 7 heteroatoms. The van der Waals surface area contributed by atoms with Gasteiger partial charge in [-0.1, -0.05) is 23.7 Å². The molecule has 142 valence electrons. The molecule has 0 heterocycles. The van der Waals surface area contributed by atoms with E-state index in [2.05, 4.69) is 5.32 Å². The number of carbonyl (C=O) groups is 1. The second kappa shape index (κ2) is 8.63. The predicted molar refractivity (Wildman–Crippen MR) is 106 cm³/mol. The van der Waals surface area contributed by atoms with E-state index in [9.17, 15) is 19.3 Å². The molecule has 0 radical (unpaired) electrons. The van der Waals surface area contributed by atoms with Crippen molar-refractivity contribution in [2.75, 3.05) is 5.32 Å². The lowest BCUT2D eigenvalue weighted by molar-refractivity contribution is -0.384. The molecule has 0 fully saturated rings. The fraction of sp³-hybridized carbons (Fsp3) is 0.0952. The van der Waals surface area contributed by atoms with Crippen LogP contribution in [-0.4, -0.2) is 10.7 Å². The smallest absolute Gasteiger partial charge is 0.269 e. The van der Waals surface area contributed by atoms with Crippen LogP contribution < -0.4 is 5.32 Å². The second-order valence-electron chi connectivity index (χ2n) is 6.19. The van der Waals surface area contributed by atoms with Crippen LogP contribution in [-0.2, 0) is 0 Å². The first-order valence-corrected chi connectivity index (χ1v) is 8.85. The number of nitro groups is 1. The highest BCUT2D eigenvalue weighted by atomic mass is 35.5. The Balaban J connectivity index is 1.86. The average Bonchev–Trinajstić information content (AvgIpc) is 2.69. The Morgan fingerprint density at radius 3 is 2.18 bits per heavy atom. The van der Waals surface area contributed by atoms with E-state index in [0.29, 0.717) is 10.6 Å². The van der Waals surface area contributed by atoms with Crippen LogP contribution in [0.15, 0.2) is 72.8 Å². The number of halogens is 2. The van der Waals surface area contributed by atoms with Gasteiger partial charge in [-0.25, -0.2) is 4.39 Å². The summed E-state index contributed by atoms with van der Waals surface area (Å²) in [6.45, 7) is 0. The summed E-state index contributed by atoms with van der Waals surface area (Å²) in [5.41, 5.74) is 1.83. The van der Waals surface area contributed by atoms with Gasteiger partial charge in [0.05, 0.1) is 11.0 Å². The maximum absolute atomic E-state index is 13.1. The summed E-state index contributed by atoms with van der Waals surface area (Å²) in [7, 11) is 0. The number of nitro benzene ring substituents is 1. The highest BCUT2D eigenvalue weighted by molar-refractivity contribution is 6.30. The highest BCUT2D eigenvalue weighted by Gasteiger charge is 2.18. The minimum absolute atomic E-state index is 0.0288. The van der Waals surface area contributed by atoms with E-state index in [1.165, 1.54) is 36.4 Å². The molecule has 0 aromatic heterocycles. The Bertz CT molecular complexity index is 974. The first-order chi connectivity index (χ1) is 13.4. The molecule has 0 aliphatic rings. The van der Waals surface area contributed by atoms with E-state index in [4.69, 9.17) is 11.6 Å². The van der Waals surface area contributed by atoms with E-state index in [1.807, 2.05) is 0 Å². The summed E-state index contributed by atoms with van der Waals surface area (Å²) in [5, 5.41) is 14.7. The quantitative estimate of drug-likeness (QED) is 0.309. The zero-order valence-electron chi connectivity index (χ0n) is 14.6. The third kappa shape index (κ3) is 4.92. The number of non-ortho nitro benzene ring substituents is 1. The van der Waals surface area contributed by atoms with E-state index >= 15 is 0 Å². The molecule has 0 bridgehead atoms. The number of hydrogen-bond donors (Lipinski definition) is 1. The van der Waals surface area contributed by atoms with Gasteiger partial charge in [0.25, 0.3) is 5.69 Å². The fourth-order valence-corrected chi connectivity index (χ4v) is 2.89. The SMILES string of the molecule is O=C(CC(Nc1ccc(Cl)cc1)c1ccc([N+](=O)[O-])cc1)c1ccc(F)cc1. The molecule has 28 heavy (non-hydrogen) atoms. The topological polar surface area (TPSA) is 72.2 Å². The van der Waals surface area contributed by atoms with Gasteiger partial charge in [0.2, 0.25) is 0 Å². The molecule has 1 N–H and O–H groups in total. The third-order valence-electron chi connectivity index (χ3n) is 4.25. The zero-order valence-corrected chi connectivity index (χ0v) is 15.4. The van der Waals surface area contributed by atoms with E-state index in [0.717, 1.165) is 11.3 Å². The van der Waals surface area contributed by atoms with Crippen molar-refractivity contribution in [3.8, 4) is 0 Å². The number of nitrogens with zero attached hydrogens (tertiary/aromatic N) is 1. The molecular formula is C21H16ClFN2O3. The van der Waals surface area contributed by atoms with Crippen LogP contribution in [0.1, 0.15) is 28.4 Å². The van der Waals surface area contributed by atoms with Gasteiger partial charge in [0, 0.05) is 34.8 Å². The lowest BCUT2D eigenvalue weighted by atomic mass is 9.97. The number of ketones is 1. The summed E-state index contributed by atoms with van der Waals surface area (Å²) in [4.78, 5) is 23.1. The number of hydrogen-bond acceptors (Lipinski definition) is 4. The monoisotopic (exact) mass is 398 g/mol. The van der Waals surface area contributed by atoms with Crippen molar-refractivity contribution in [3.63, 3.8) is 0 Å². The van der Waals surface area contributed by atoms with Gasteiger partial charge in [-0.2, -0.15) is 0 Å². The van der Waals surface area contributed by atoms with Crippen LogP contribution in [0.5, 0.6) is 0 Å². The Morgan fingerprint density at radius 1 is 1.00 bits per heavy atom. The van der Waals surface area contributed by atoms with Crippen molar-refractivity contribution >= 4 is 28.8 Å². The lowest BCUT2D eigenvalue weighted by Crippen LogP contribution is -2.16. The number of rotatable bonds is 7. The Kier molecular flexibility index (Phi) is 6.01. The highest BCUT2D eigenvalue weighted by Crippen LogP contribution is 2.27. The molecule has 5 nitrogen and oxygen atoms in total. The zero-order chi connectivity index (χ0) is 20.1. The van der Waals surface area contributed by atoms with E-state index in [-0.39, 0.29) is 17.9 Å². The molecule has 3 aromatic carbocycles. The van der Waals surface area contributed by atoms with Crippen molar-refractivity contribution in [1.29, 1.82) is 0 Å². The number of carbonyl (C=O) groups excluding carboxylic acids is 1. The van der Waals surface area contributed by atoms with Crippen LogP contribution in [0, 0.1) is 15.9 Å². The Labute approximate surface area is 165 Å². The first kappa shape index (κ1) is 19.5. The van der Waals surface area contributed by atoms with Gasteiger partial charge in [-0.15, -0.1) is 0 Å². The maximum Gasteiger partial charge on any atom is 0.269 e. The molecule has 3 rings (SSSR count). The van der Waals surface area contributed by atoms with Crippen LogP contribution in [0.2, 0.25) is 5.02 Å². The standard InChI is InChI=1S/C21H16ClFN2O3/c22-16-5-9-18(10-6-16)24-20(14-3-11-19(12-4-14)25(27)28)13-21(26)15-1-7-17(23)8-2-15/h1-12,20,24H,13H2. The van der Waals surface area contributed by atoms with Gasteiger partial charge in [-0.3, -0.25) is 14.9 Å². The van der Waals surface area contributed by atoms with Crippen molar-refractivity contribution < 1.29 is 14.1 Å². The summed E-state index contributed by atoms with van der Waals surface area (Å²) < 4.78 is 13.1. The molecule has 0 saturated heterocycles. The largest absolute Gasteiger partial charge is 0.378 e. The van der Waals surface area contributed by atoms with Crippen molar-refractivity contribution in [3.05, 3.63) is 105 Å². The number of benzene rings is 3. The molecule has 0 aliphatic carbocycles. The van der Waals surface area contributed by atoms with Crippen LogP contribution >= 0.6 is 11.6 Å². The minimum Gasteiger partial charge on any atom is -0.378 e. The summed E-state index contributed by atoms with van der Waals surface area (Å²) >= 11 is 5.91. The van der Waals surface area contributed by atoms with Gasteiger partial charge < -0.3 is 5.32 Å². The minimum atomic E-state index is -0.477. The molecule has 0 spiro atoms. The van der Waals surface area contributed by atoms with Gasteiger partial charge in [0.1, 0.15) is 5.82 Å². The van der Waals surface area contributed by atoms with Crippen LogP contribution in [0.4, 0.5) is 15.8 Å². The number of Topliss-reactive ketones (excluding diaryl/α,β-unsaturated/α-hetero) is 1. The summed E-state index contributed by atoms with van der Waals surface area (Å²) in [5.74, 6) is -0.590. The number of anilines is 1. The molecule has 0 amide bonds.